The Bertz CT molecular complexity index is 636. The van der Waals surface area contributed by atoms with E-state index >= 15 is 0 Å². The smallest absolute Gasteiger partial charge is 0.0616 e. The molecule has 0 aliphatic rings. The number of fused-ring (bicyclic) bond motifs is 3. The summed E-state index contributed by atoms with van der Waals surface area (Å²) in [5.74, 6) is 0. The normalized spacial score (nSPS) is 10.9. The van der Waals surface area contributed by atoms with Crippen molar-refractivity contribution < 1.29 is 0 Å². The highest BCUT2D eigenvalue weighted by Gasteiger charge is 2.06. The van der Waals surface area contributed by atoms with Gasteiger partial charge in [0.05, 0.1) is 5.39 Å². The number of rotatable bonds is 0. The van der Waals surface area contributed by atoms with Crippen LogP contribution in [0.4, 0.5) is 0 Å². The average molecular weight is 191 g/mol. The van der Waals surface area contributed by atoms with Gasteiger partial charge in [-0.25, -0.2) is 0 Å². The molecule has 0 nitrogen and oxygen atoms in total. The fourth-order valence-corrected chi connectivity index (χ4v) is 2.11. The van der Waals surface area contributed by atoms with Crippen molar-refractivity contribution in [2.45, 2.75) is 0 Å². The van der Waals surface area contributed by atoms with Gasteiger partial charge < -0.3 is 0 Å². The van der Waals surface area contributed by atoms with Crippen LogP contribution in [0.2, 0.25) is 0 Å². The summed E-state index contributed by atoms with van der Waals surface area (Å²) < 4.78 is 0. The molecule has 0 aliphatic carbocycles. The third-order valence-corrected chi connectivity index (χ3v) is 2.88. The summed E-state index contributed by atoms with van der Waals surface area (Å²) in [5.41, 5.74) is 1.10. The predicted molar refractivity (Wildman–Crippen MR) is 65.9 cm³/mol. The van der Waals surface area contributed by atoms with Crippen molar-refractivity contribution in [2.75, 3.05) is 0 Å². The van der Waals surface area contributed by atoms with Crippen LogP contribution in [0.3, 0.4) is 0 Å². The second-order valence-electron chi connectivity index (χ2n) is 3.80. The standard InChI is InChI=1S/C15H11/c1-11-5-4-8-15-13(11)10-9-12-6-2-3-7-14(12)15/h2-10H,1H2/q+1. The molecule has 0 aromatic heterocycles. The van der Waals surface area contributed by atoms with Gasteiger partial charge >= 0.3 is 0 Å². The van der Waals surface area contributed by atoms with Gasteiger partial charge in [0.15, 0.2) is 0 Å². The van der Waals surface area contributed by atoms with Gasteiger partial charge in [-0.2, -0.15) is 0 Å². The summed E-state index contributed by atoms with van der Waals surface area (Å²) in [5, 5.41) is 5.13. The van der Waals surface area contributed by atoms with E-state index in [1.54, 1.807) is 0 Å². The Morgan fingerprint density at radius 2 is 1.40 bits per heavy atom. The van der Waals surface area contributed by atoms with Gasteiger partial charge in [-0.3, -0.25) is 0 Å². The highest BCUT2D eigenvalue weighted by Crippen LogP contribution is 2.26. The second kappa shape index (κ2) is 3.03. The molecular weight excluding hydrogens is 180 g/mol. The van der Waals surface area contributed by atoms with Crippen LogP contribution in [0.5, 0.6) is 0 Å². The molecule has 0 N–H and O–H groups in total. The average Bonchev–Trinajstić information content (AvgIpc) is 2.29. The Balaban J connectivity index is 2.60. The molecule has 0 aliphatic heterocycles. The molecule has 15 heavy (non-hydrogen) atoms. The maximum atomic E-state index is 4.06. The van der Waals surface area contributed by atoms with E-state index in [0.29, 0.717) is 0 Å². The lowest BCUT2D eigenvalue weighted by molar-refractivity contribution is 1.69. The van der Waals surface area contributed by atoms with Crippen molar-refractivity contribution in [2.24, 2.45) is 0 Å². The zero-order valence-corrected chi connectivity index (χ0v) is 8.40. The molecule has 0 radical (unpaired) electrons. The van der Waals surface area contributed by atoms with Gasteiger partial charge in [0.1, 0.15) is 5.56 Å². The van der Waals surface area contributed by atoms with Crippen molar-refractivity contribution in [1.29, 1.82) is 0 Å². The van der Waals surface area contributed by atoms with Crippen LogP contribution >= 0.6 is 0 Å². The van der Waals surface area contributed by atoms with Gasteiger partial charge in [-0.1, -0.05) is 24.3 Å². The van der Waals surface area contributed by atoms with Crippen molar-refractivity contribution in [1.82, 2.24) is 0 Å². The Kier molecular flexibility index (Phi) is 1.69. The minimum atomic E-state index is 1.10. The lowest BCUT2D eigenvalue weighted by Crippen LogP contribution is -1.80. The van der Waals surface area contributed by atoms with E-state index in [4.69, 9.17) is 0 Å². The number of hydrogen-bond acceptors (Lipinski definition) is 0. The first-order chi connectivity index (χ1) is 7.36. The van der Waals surface area contributed by atoms with Gasteiger partial charge in [0.2, 0.25) is 0 Å². The van der Waals surface area contributed by atoms with Gasteiger partial charge in [0, 0.05) is 29.8 Å². The van der Waals surface area contributed by atoms with Gasteiger partial charge in [-0.05, 0) is 23.6 Å². The van der Waals surface area contributed by atoms with Crippen molar-refractivity contribution in [3.63, 3.8) is 0 Å². The molecule has 3 aromatic carbocycles. The summed E-state index contributed by atoms with van der Waals surface area (Å²) in [6.07, 6.45) is 0. The lowest BCUT2D eigenvalue weighted by atomic mass is 9.99. The van der Waals surface area contributed by atoms with E-state index in [-0.39, 0.29) is 0 Å². The first-order valence-electron chi connectivity index (χ1n) is 5.09. The molecule has 0 spiro atoms. The molecule has 0 unspecified atom stereocenters. The maximum Gasteiger partial charge on any atom is 0.134 e. The summed E-state index contributed by atoms with van der Waals surface area (Å²) in [7, 11) is 0. The monoisotopic (exact) mass is 191 g/mol. The van der Waals surface area contributed by atoms with Gasteiger partial charge in [-0.15, -0.1) is 0 Å². The first kappa shape index (κ1) is 8.37. The molecule has 0 heteroatoms. The highest BCUT2D eigenvalue weighted by atomic mass is 14.0. The zero-order valence-electron chi connectivity index (χ0n) is 8.40. The molecule has 3 rings (SSSR count). The van der Waals surface area contributed by atoms with Crippen LogP contribution in [0.1, 0.15) is 5.56 Å². The van der Waals surface area contributed by atoms with E-state index in [1.807, 2.05) is 0 Å². The molecule has 0 fully saturated rings. The van der Waals surface area contributed by atoms with Crippen molar-refractivity contribution in [3.05, 3.63) is 67.1 Å². The van der Waals surface area contributed by atoms with Crippen LogP contribution < -0.4 is 0 Å². The lowest BCUT2D eigenvalue weighted by Gasteiger charge is -2.00. The summed E-state index contributed by atoms with van der Waals surface area (Å²) in [6.45, 7) is 4.06. The van der Waals surface area contributed by atoms with Crippen molar-refractivity contribution >= 4 is 21.5 Å². The van der Waals surface area contributed by atoms with E-state index in [0.717, 1.165) is 5.56 Å². The fourth-order valence-electron chi connectivity index (χ4n) is 2.11. The fraction of sp³-hybridized carbons (Fsp3) is 0. The third-order valence-electron chi connectivity index (χ3n) is 2.88. The van der Waals surface area contributed by atoms with Crippen LogP contribution in [-0.2, 0) is 0 Å². The second-order valence-corrected chi connectivity index (χ2v) is 3.80. The molecule has 70 valence electrons. The van der Waals surface area contributed by atoms with Crippen LogP contribution in [0.25, 0.3) is 21.5 Å². The number of benzene rings is 3. The largest absolute Gasteiger partial charge is 0.134 e. The van der Waals surface area contributed by atoms with E-state index in [9.17, 15) is 0 Å². The van der Waals surface area contributed by atoms with E-state index in [2.05, 4.69) is 61.5 Å². The summed E-state index contributed by atoms with van der Waals surface area (Å²) in [4.78, 5) is 0. The Hall–Kier alpha value is -1.95. The Morgan fingerprint density at radius 3 is 2.33 bits per heavy atom. The van der Waals surface area contributed by atoms with Crippen molar-refractivity contribution in [3.8, 4) is 0 Å². The third kappa shape index (κ3) is 1.18. The van der Waals surface area contributed by atoms with Crippen LogP contribution in [0.15, 0.2) is 54.6 Å². The molecule has 0 atom stereocenters. The van der Waals surface area contributed by atoms with Gasteiger partial charge in [0.25, 0.3) is 0 Å². The minimum Gasteiger partial charge on any atom is -0.0616 e. The summed E-state index contributed by atoms with van der Waals surface area (Å²) >= 11 is 0. The molecule has 0 bridgehead atoms. The summed E-state index contributed by atoms with van der Waals surface area (Å²) in [6, 6.07) is 19.0. The van der Waals surface area contributed by atoms with E-state index in [1.165, 1.54) is 21.5 Å². The van der Waals surface area contributed by atoms with Crippen LogP contribution in [0, 0.1) is 6.92 Å². The Morgan fingerprint density at radius 1 is 0.600 bits per heavy atom. The van der Waals surface area contributed by atoms with Crippen LogP contribution in [-0.4, -0.2) is 0 Å². The molecule has 0 saturated heterocycles. The zero-order chi connectivity index (χ0) is 10.3. The minimum absolute atomic E-state index is 1.10. The molecular formula is C15H11+. The highest BCUT2D eigenvalue weighted by molar-refractivity contribution is 6.08. The predicted octanol–water partition coefficient (Wildman–Crippen LogP) is 4.18. The Labute approximate surface area is 89.2 Å². The molecule has 0 saturated carbocycles. The topological polar surface area (TPSA) is 0 Å². The molecule has 0 heterocycles. The molecule has 0 amide bonds. The molecule has 3 aromatic rings. The quantitative estimate of drug-likeness (QED) is 0.369. The maximum absolute atomic E-state index is 4.06. The first-order valence-corrected chi connectivity index (χ1v) is 5.09. The number of hydrogen-bond donors (Lipinski definition) is 0. The SMILES string of the molecule is [CH2+]c1cccc2c1ccc1ccccc12. The van der Waals surface area contributed by atoms with E-state index < -0.39 is 0 Å².